The number of carbonyl (C=O) groups excluding carboxylic acids is 1. The van der Waals surface area contributed by atoms with E-state index in [0.29, 0.717) is 22.4 Å². The molecule has 146 valence electrons. The van der Waals surface area contributed by atoms with Gasteiger partial charge in [0.15, 0.2) is 5.17 Å². The minimum absolute atomic E-state index is 0.157. The van der Waals surface area contributed by atoms with Gasteiger partial charge in [-0.25, -0.2) is 0 Å². The Balaban J connectivity index is 1.47. The second-order valence-corrected chi connectivity index (χ2v) is 8.84. The number of furan rings is 1. The fourth-order valence-electron chi connectivity index (χ4n) is 3.15. The third-order valence-electron chi connectivity index (χ3n) is 4.37. The van der Waals surface area contributed by atoms with Gasteiger partial charge >= 0.3 is 0 Å². The highest BCUT2D eigenvalue weighted by molar-refractivity contribution is 9.10. The van der Waals surface area contributed by atoms with Crippen LogP contribution < -0.4 is 5.32 Å². The zero-order chi connectivity index (χ0) is 20.4. The van der Waals surface area contributed by atoms with Gasteiger partial charge in [0.1, 0.15) is 11.5 Å². The minimum atomic E-state index is -0.157. The van der Waals surface area contributed by atoms with Gasteiger partial charge in [-0.2, -0.15) is 0 Å². The van der Waals surface area contributed by atoms with Crippen LogP contribution in [0.25, 0.3) is 17.4 Å². The molecule has 0 atom stereocenters. The fraction of sp³-hybridized carbons (Fsp3) is 0.130. The molecule has 0 unspecified atom stereocenters. The van der Waals surface area contributed by atoms with E-state index in [9.17, 15) is 4.79 Å². The Morgan fingerprint density at radius 3 is 2.52 bits per heavy atom. The predicted molar refractivity (Wildman–Crippen MR) is 123 cm³/mol. The number of thioether (sulfide) groups is 1. The summed E-state index contributed by atoms with van der Waals surface area (Å²) >= 11 is 4.76. The molecular formula is C23H19BrN2O2S. The van der Waals surface area contributed by atoms with Crippen molar-refractivity contribution in [3.8, 4) is 11.3 Å². The van der Waals surface area contributed by atoms with Crippen LogP contribution in [0.1, 0.15) is 22.5 Å². The SMILES string of the molecule is Cc1cc(C)cc(CN=C2NC(=O)/C(=C/c3ccc(-c4ccc(Br)cc4)o3)S2)c1. The summed E-state index contributed by atoms with van der Waals surface area (Å²) in [6.45, 7) is 4.68. The van der Waals surface area contributed by atoms with Gasteiger partial charge in [-0.1, -0.05) is 57.4 Å². The van der Waals surface area contributed by atoms with Crippen LogP contribution in [0.2, 0.25) is 0 Å². The maximum absolute atomic E-state index is 12.3. The van der Waals surface area contributed by atoms with Gasteiger partial charge in [-0.15, -0.1) is 0 Å². The molecule has 0 spiro atoms. The maximum atomic E-state index is 12.3. The van der Waals surface area contributed by atoms with Gasteiger partial charge in [-0.05, 0) is 55.4 Å². The summed E-state index contributed by atoms with van der Waals surface area (Å²) in [6.07, 6.45) is 1.75. The number of rotatable bonds is 4. The quantitative estimate of drug-likeness (QED) is 0.473. The molecule has 4 nitrogen and oxygen atoms in total. The number of amides is 1. The van der Waals surface area contributed by atoms with Crippen molar-refractivity contribution in [3.05, 3.63) is 86.4 Å². The van der Waals surface area contributed by atoms with Gasteiger partial charge in [-0.3, -0.25) is 9.79 Å². The molecule has 1 N–H and O–H groups in total. The van der Waals surface area contributed by atoms with Crippen molar-refractivity contribution in [3.63, 3.8) is 0 Å². The highest BCUT2D eigenvalue weighted by atomic mass is 79.9. The number of amidine groups is 1. The smallest absolute Gasteiger partial charge is 0.264 e. The van der Waals surface area contributed by atoms with Crippen LogP contribution >= 0.6 is 27.7 Å². The molecule has 6 heteroatoms. The van der Waals surface area contributed by atoms with Crippen LogP contribution in [0.15, 0.2) is 73.4 Å². The molecule has 4 rings (SSSR count). The normalized spacial score (nSPS) is 16.6. The Kier molecular flexibility index (Phi) is 5.74. The van der Waals surface area contributed by atoms with E-state index in [4.69, 9.17) is 4.42 Å². The number of nitrogens with one attached hydrogen (secondary N) is 1. The molecule has 29 heavy (non-hydrogen) atoms. The first-order chi connectivity index (χ1) is 14.0. The molecule has 2 heterocycles. The summed E-state index contributed by atoms with van der Waals surface area (Å²) in [4.78, 5) is 17.4. The van der Waals surface area contributed by atoms with Crippen LogP contribution in [0.5, 0.6) is 0 Å². The number of carbonyl (C=O) groups is 1. The van der Waals surface area contributed by atoms with Crippen molar-refractivity contribution in [1.29, 1.82) is 0 Å². The van der Waals surface area contributed by atoms with E-state index in [1.54, 1.807) is 6.08 Å². The number of nitrogens with zero attached hydrogens (tertiary/aromatic N) is 1. The Bertz CT molecular complexity index is 1110. The molecular weight excluding hydrogens is 448 g/mol. The second kappa shape index (κ2) is 8.43. The monoisotopic (exact) mass is 466 g/mol. The van der Waals surface area contributed by atoms with E-state index in [0.717, 1.165) is 21.4 Å². The molecule has 2 aromatic carbocycles. The molecule has 0 aliphatic carbocycles. The highest BCUT2D eigenvalue weighted by Crippen LogP contribution is 2.29. The van der Waals surface area contributed by atoms with E-state index in [1.807, 2.05) is 36.4 Å². The van der Waals surface area contributed by atoms with E-state index < -0.39 is 0 Å². The Labute approximate surface area is 182 Å². The van der Waals surface area contributed by atoms with Crippen molar-refractivity contribution >= 4 is 44.8 Å². The molecule has 1 fully saturated rings. The summed E-state index contributed by atoms with van der Waals surface area (Å²) in [7, 11) is 0. The van der Waals surface area contributed by atoms with Crippen molar-refractivity contribution in [2.24, 2.45) is 4.99 Å². The molecule has 0 bridgehead atoms. The molecule has 1 amide bonds. The number of halogens is 1. The number of hydrogen-bond acceptors (Lipinski definition) is 4. The molecule has 1 aliphatic rings. The molecule has 0 radical (unpaired) electrons. The third-order valence-corrected chi connectivity index (χ3v) is 5.84. The highest BCUT2D eigenvalue weighted by Gasteiger charge is 2.24. The average Bonchev–Trinajstić information content (AvgIpc) is 3.27. The summed E-state index contributed by atoms with van der Waals surface area (Å²) in [5.41, 5.74) is 4.54. The van der Waals surface area contributed by atoms with Gasteiger partial charge < -0.3 is 9.73 Å². The molecule has 1 aromatic heterocycles. The standard InChI is InChI=1S/C23H19BrN2O2S/c1-14-9-15(2)11-16(10-14)13-25-23-26-22(27)21(29-23)12-19-7-8-20(28-19)17-3-5-18(24)6-4-17/h3-12H,13H2,1-2H3,(H,25,26,27)/b21-12-. The van der Waals surface area contributed by atoms with Gasteiger partial charge in [0.05, 0.1) is 11.4 Å². The largest absolute Gasteiger partial charge is 0.457 e. The summed E-state index contributed by atoms with van der Waals surface area (Å²) in [5, 5.41) is 3.44. The second-order valence-electron chi connectivity index (χ2n) is 6.89. The molecule has 1 saturated heterocycles. The number of benzene rings is 2. The zero-order valence-corrected chi connectivity index (χ0v) is 18.4. The number of aryl methyl sites for hydroxylation is 2. The van der Waals surface area contributed by atoms with E-state index in [-0.39, 0.29) is 5.91 Å². The molecule has 3 aromatic rings. The molecule has 1 aliphatic heterocycles. The van der Waals surface area contributed by atoms with Crippen LogP contribution in [-0.2, 0) is 11.3 Å². The number of aliphatic imine (C=N–C) groups is 1. The summed E-state index contributed by atoms with van der Waals surface area (Å²) in [6, 6.07) is 18.0. The van der Waals surface area contributed by atoms with Gasteiger partial charge in [0.2, 0.25) is 0 Å². The number of hydrogen-bond donors (Lipinski definition) is 1. The van der Waals surface area contributed by atoms with E-state index in [2.05, 4.69) is 58.3 Å². The first kappa shape index (κ1) is 19.7. The first-order valence-electron chi connectivity index (χ1n) is 9.14. The van der Waals surface area contributed by atoms with Crippen LogP contribution in [0.4, 0.5) is 0 Å². The minimum Gasteiger partial charge on any atom is -0.457 e. The Morgan fingerprint density at radius 1 is 1.07 bits per heavy atom. The van der Waals surface area contributed by atoms with Crippen LogP contribution in [-0.4, -0.2) is 11.1 Å². The lowest BCUT2D eigenvalue weighted by molar-refractivity contribution is -0.115. The average molecular weight is 467 g/mol. The maximum Gasteiger partial charge on any atom is 0.264 e. The van der Waals surface area contributed by atoms with Crippen LogP contribution in [0, 0.1) is 13.8 Å². The topological polar surface area (TPSA) is 54.6 Å². The lowest BCUT2D eigenvalue weighted by Crippen LogP contribution is -2.19. The lowest BCUT2D eigenvalue weighted by Gasteiger charge is -2.02. The zero-order valence-electron chi connectivity index (χ0n) is 16.0. The van der Waals surface area contributed by atoms with Gasteiger partial charge in [0, 0.05) is 16.1 Å². The van der Waals surface area contributed by atoms with Crippen molar-refractivity contribution < 1.29 is 9.21 Å². The van der Waals surface area contributed by atoms with E-state index in [1.165, 1.54) is 22.9 Å². The lowest BCUT2D eigenvalue weighted by atomic mass is 10.1. The molecule has 0 saturated carbocycles. The fourth-order valence-corrected chi connectivity index (χ4v) is 4.22. The van der Waals surface area contributed by atoms with Crippen molar-refractivity contribution in [1.82, 2.24) is 5.32 Å². The van der Waals surface area contributed by atoms with Crippen LogP contribution in [0.3, 0.4) is 0 Å². The van der Waals surface area contributed by atoms with Gasteiger partial charge in [0.25, 0.3) is 5.91 Å². The van der Waals surface area contributed by atoms with E-state index >= 15 is 0 Å². The first-order valence-corrected chi connectivity index (χ1v) is 10.8. The Morgan fingerprint density at radius 2 is 1.79 bits per heavy atom. The summed E-state index contributed by atoms with van der Waals surface area (Å²) in [5.74, 6) is 1.24. The Hall–Kier alpha value is -2.57. The third kappa shape index (κ3) is 4.89. The van der Waals surface area contributed by atoms with Crippen molar-refractivity contribution in [2.45, 2.75) is 20.4 Å². The predicted octanol–water partition coefficient (Wildman–Crippen LogP) is 6.09. The summed E-state index contributed by atoms with van der Waals surface area (Å²) < 4.78 is 6.90. The van der Waals surface area contributed by atoms with Crippen molar-refractivity contribution in [2.75, 3.05) is 0 Å².